The summed E-state index contributed by atoms with van der Waals surface area (Å²) >= 11 is 9.63. The minimum atomic E-state index is -0.938. The van der Waals surface area contributed by atoms with E-state index < -0.39 is 11.9 Å². The molecule has 1 saturated heterocycles. The highest BCUT2D eigenvalue weighted by molar-refractivity contribution is 9.10. The van der Waals surface area contributed by atoms with Gasteiger partial charge in [0.05, 0.1) is 22.5 Å². The maximum absolute atomic E-state index is 13.4. The van der Waals surface area contributed by atoms with Crippen molar-refractivity contribution in [3.63, 3.8) is 0 Å². The maximum Gasteiger partial charge on any atom is 0.248 e. The SMILES string of the molecule is O=C(Nc1ccc(Br)cc1Cl)[C@H](Cc1ccccc1)N1C(=O)[C@@H]2[C@H](C1=O)[C@@H]1C=C[C@H]2C1. The number of carbonyl (C=O) groups excluding carboxylic acids is 3. The van der Waals surface area contributed by atoms with Crippen LogP contribution in [0.4, 0.5) is 5.69 Å². The van der Waals surface area contributed by atoms with Gasteiger partial charge in [0, 0.05) is 10.9 Å². The lowest BCUT2D eigenvalue weighted by atomic mass is 9.85. The summed E-state index contributed by atoms with van der Waals surface area (Å²) in [4.78, 5) is 41.3. The lowest BCUT2D eigenvalue weighted by Gasteiger charge is -2.27. The van der Waals surface area contributed by atoms with Gasteiger partial charge in [-0.1, -0.05) is 70.0 Å². The van der Waals surface area contributed by atoms with Gasteiger partial charge in [-0.25, -0.2) is 0 Å². The van der Waals surface area contributed by atoms with E-state index in [1.165, 1.54) is 4.90 Å². The molecule has 2 aromatic rings. The summed E-state index contributed by atoms with van der Waals surface area (Å²) in [5.41, 5.74) is 1.32. The first-order valence-electron chi connectivity index (χ1n) is 10.3. The van der Waals surface area contributed by atoms with Gasteiger partial charge in [-0.05, 0) is 42.0 Å². The third-order valence-electron chi connectivity index (χ3n) is 6.58. The third kappa shape index (κ3) is 3.52. The number of carbonyl (C=O) groups is 3. The maximum atomic E-state index is 13.4. The van der Waals surface area contributed by atoms with Crippen LogP contribution in [0.1, 0.15) is 12.0 Å². The summed E-state index contributed by atoms with van der Waals surface area (Å²) in [6.07, 6.45) is 5.20. The van der Waals surface area contributed by atoms with Crippen molar-refractivity contribution in [3.05, 3.63) is 75.7 Å². The van der Waals surface area contributed by atoms with Crippen LogP contribution in [-0.4, -0.2) is 28.7 Å². The quantitative estimate of drug-likeness (QED) is 0.488. The number of nitrogens with one attached hydrogen (secondary N) is 1. The summed E-state index contributed by atoms with van der Waals surface area (Å²) in [6, 6.07) is 13.6. The molecule has 0 unspecified atom stereocenters. The summed E-state index contributed by atoms with van der Waals surface area (Å²) < 4.78 is 0.789. The minimum Gasteiger partial charge on any atom is -0.323 e. The third-order valence-corrected chi connectivity index (χ3v) is 7.39. The van der Waals surface area contributed by atoms with Crippen LogP contribution in [-0.2, 0) is 20.8 Å². The van der Waals surface area contributed by atoms with Crippen molar-refractivity contribution in [1.29, 1.82) is 0 Å². The molecule has 5 atom stereocenters. The number of hydrogen-bond acceptors (Lipinski definition) is 3. The average molecular weight is 500 g/mol. The Balaban J connectivity index is 1.47. The van der Waals surface area contributed by atoms with E-state index in [1.807, 2.05) is 42.5 Å². The van der Waals surface area contributed by atoms with Crippen LogP contribution >= 0.6 is 27.5 Å². The van der Waals surface area contributed by atoms with Gasteiger partial charge in [0.2, 0.25) is 17.7 Å². The predicted molar refractivity (Wildman–Crippen MR) is 121 cm³/mol. The summed E-state index contributed by atoms with van der Waals surface area (Å²) in [5, 5.41) is 3.20. The number of likely N-dealkylation sites (tertiary alicyclic amines) is 1. The number of anilines is 1. The summed E-state index contributed by atoms with van der Waals surface area (Å²) in [5.74, 6) is -1.38. The number of amides is 3. The zero-order chi connectivity index (χ0) is 21.7. The lowest BCUT2D eigenvalue weighted by molar-refractivity contribution is -0.147. The van der Waals surface area contributed by atoms with Gasteiger partial charge in [-0.2, -0.15) is 0 Å². The van der Waals surface area contributed by atoms with E-state index in [4.69, 9.17) is 11.6 Å². The number of hydrogen-bond donors (Lipinski definition) is 1. The Labute approximate surface area is 193 Å². The largest absolute Gasteiger partial charge is 0.323 e. The molecule has 0 spiro atoms. The molecule has 7 heteroatoms. The van der Waals surface area contributed by atoms with E-state index in [0.717, 1.165) is 16.5 Å². The van der Waals surface area contributed by atoms with Crippen molar-refractivity contribution in [2.24, 2.45) is 23.7 Å². The molecule has 158 valence electrons. The molecule has 2 aliphatic carbocycles. The monoisotopic (exact) mass is 498 g/mol. The van der Waals surface area contributed by atoms with Gasteiger partial charge in [0.15, 0.2) is 0 Å². The van der Waals surface area contributed by atoms with Gasteiger partial charge < -0.3 is 5.32 Å². The zero-order valence-corrected chi connectivity index (χ0v) is 18.8. The topological polar surface area (TPSA) is 66.5 Å². The smallest absolute Gasteiger partial charge is 0.248 e. The molecule has 3 aliphatic rings. The fraction of sp³-hybridized carbons (Fsp3) is 0.292. The van der Waals surface area contributed by atoms with Crippen LogP contribution in [0.5, 0.6) is 0 Å². The highest BCUT2D eigenvalue weighted by Crippen LogP contribution is 2.53. The fourth-order valence-electron chi connectivity index (χ4n) is 5.18. The van der Waals surface area contributed by atoms with E-state index in [0.29, 0.717) is 10.7 Å². The first-order chi connectivity index (χ1) is 14.9. The molecule has 1 aliphatic heterocycles. The van der Waals surface area contributed by atoms with E-state index in [2.05, 4.69) is 21.2 Å². The highest BCUT2D eigenvalue weighted by atomic mass is 79.9. The first-order valence-corrected chi connectivity index (χ1v) is 11.5. The number of imide groups is 1. The Morgan fingerprint density at radius 1 is 1.06 bits per heavy atom. The van der Waals surface area contributed by atoms with Crippen molar-refractivity contribution >= 4 is 50.9 Å². The van der Waals surface area contributed by atoms with E-state index in [-0.39, 0.29) is 41.9 Å². The Kier molecular flexibility index (Phi) is 5.22. The molecule has 3 amide bonds. The lowest BCUT2D eigenvalue weighted by Crippen LogP contribution is -2.49. The van der Waals surface area contributed by atoms with E-state index >= 15 is 0 Å². The van der Waals surface area contributed by atoms with Crippen LogP contribution in [0.25, 0.3) is 0 Å². The standard InChI is InChI=1S/C24H20BrClN2O3/c25-16-8-9-18(17(26)12-16)27-22(29)19(10-13-4-2-1-3-5-13)28-23(30)20-14-6-7-15(11-14)21(20)24(28)31/h1-9,12,14-15,19-21H,10-11H2,(H,27,29)/t14-,15+,19-,20-,21+/m0/s1. The Morgan fingerprint density at radius 3 is 2.32 bits per heavy atom. The molecular formula is C24H20BrClN2O3. The molecular weight excluding hydrogens is 480 g/mol. The van der Waals surface area contributed by atoms with Gasteiger partial charge in [-0.3, -0.25) is 19.3 Å². The van der Waals surface area contributed by atoms with Crippen LogP contribution in [0.3, 0.4) is 0 Å². The Morgan fingerprint density at radius 2 is 1.71 bits per heavy atom. The highest BCUT2D eigenvalue weighted by Gasteiger charge is 2.61. The molecule has 2 fully saturated rings. The van der Waals surface area contributed by atoms with Crippen LogP contribution in [0.15, 0.2) is 65.2 Å². The van der Waals surface area contributed by atoms with Crippen molar-refractivity contribution in [3.8, 4) is 0 Å². The molecule has 0 radical (unpaired) electrons. The fourth-order valence-corrected chi connectivity index (χ4v) is 5.90. The van der Waals surface area contributed by atoms with E-state index in [9.17, 15) is 14.4 Å². The van der Waals surface area contributed by atoms with Crippen LogP contribution < -0.4 is 5.32 Å². The second kappa shape index (κ2) is 7.92. The Hall–Kier alpha value is -2.44. The van der Waals surface area contributed by atoms with E-state index in [1.54, 1.807) is 18.2 Å². The number of fused-ring (bicyclic) bond motifs is 5. The molecule has 0 aromatic heterocycles. The number of nitrogens with zero attached hydrogens (tertiary/aromatic N) is 1. The molecule has 5 rings (SSSR count). The average Bonchev–Trinajstić information content (AvgIpc) is 3.43. The summed E-state index contributed by atoms with van der Waals surface area (Å²) in [7, 11) is 0. The van der Waals surface area contributed by atoms with Crippen molar-refractivity contribution in [2.75, 3.05) is 5.32 Å². The normalized spacial score (nSPS) is 27.0. The minimum absolute atomic E-state index is 0.0952. The molecule has 2 bridgehead atoms. The Bertz CT molecular complexity index is 1070. The molecule has 1 heterocycles. The second-order valence-corrected chi connectivity index (χ2v) is 9.69. The van der Waals surface area contributed by atoms with Crippen molar-refractivity contribution in [1.82, 2.24) is 4.90 Å². The van der Waals surface area contributed by atoms with Gasteiger partial charge >= 0.3 is 0 Å². The number of allylic oxidation sites excluding steroid dienone is 2. The number of rotatable bonds is 5. The first kappa shape index (κ1) is 20.5. The van der Waals surface area contributed by atoms with Gasteiger partial charge in [-0.15, -0.1) is 0 Å². The zero-order valence-electron chi connectivity index (χ0n) is 16.5. The van der Waals surface area contributed by atoms with Gasteiger partial charge in [0.25, 0.3) is 0 Å². The summed E-state index contributed by atoms with van der Waals surface area (Å²) in [6.45, 7) is 0. The molecule has 1 N–H and O–H groups in total. The molecule has 2 aromatic carbocycles. The second-order valence-electron chi connectivity index (χ2n) is 8.37. The van der Waals surface area contributed by atoms with Crippen LogP contribution in [0, 0.1) is 23.7 Å². The molecule has 1 saturated carbocycles. The molecule has 5 nitrogen and oxygen atoms in total. The number of benzene rings is 2. The number of halogens is 2. The van der Waals surface area contributed by atoms with Crippen LogP contribution in [0.2, 0.25) is 5.02 Å². The van der Waals surface area contributed by atoms with Crippen molar-refractivity contribution in [2.45, 2.75) is 18.9 Å². The molecule has 31 heavy (non-hydrogen) atoms. The predicted octanol–water partition coefficient (Wildman–Crippen LogP) is 4.46. The van der Waals surface area contributed by atoms with Crippen molar-refractivity contribution < 1.29 is 14.4 Å². The van der Waals surface area contributed by atoms with Gasteiger partial charge in [0.1, 0.15) is 6.04 Å².